The van der Waals surface area contributed by atoms with E-state index in [0.717, 1.165) is 11.3 Å². The quantitative estimate of drug-likeness (QED) is 0.483. The Morgan fingerprint density at radius 3 is 2.43 bits per heavy atom. The Labute approximate surface area is 183 Å². The average molecular weight is 495 g/mol. The minimum atomic E-state index is -3.72. The molecule has 30 heavy (non-hydrogen) atoms. The lowest BCUT2D eigenvalue weighted by Gasteiger charge is -2.15. The van der Waals surface area contributed by atoms with Gasteiger partial charge in [0.05, 0.1) is 16.5 Å². The maximum Gasteiger partial charge on any atom is 0.238 e. The number of sulfonamides is 1. The molecule has 0 saturated carbocycles. The van der Waals surface area contributed by atoms with Crippen LogP contribution in [0.25, 0.3) is 0 Å². The monoisotopic (exact) mass is 494 g/mol. The lowest BCUT2D eigenvalue weighted by molar-refractivity contribution is 0.277. The van der Waals surface area contributed by atoms with Gasteiger partial charge in [-0.25, -0.2) is 17.9 Å². The van der Waals surface area contributed by atoms with E-state index in [9.17, 15) is 12.8 Å². The van der Waals surface area contributed by atoms with Crippen molar-refractivity contribution in [3.8, 4) is 11.5 Å². The Bertz CT molecular complexity index is 1140. The first-order valence-electron chi connectivity index (χ1n) is 8.87. The molecule has 0 radical (unpaired) electrons. The standard InChI is InChI=1S/C21H20BrFN2O4S/c1-28-20-11-14(12-25-16-6-8-17(9-7-16)30(24,26)27)10-18(22)21(20)29-13-15-4-2-3-5-19(15)23/h2-11,25H,12-13H2,1H3,(H2,24,26,27). The van der Waals surface area contributed by atoms with Gasteiger partial charge in [-0.3, -0.25) is 0 Å². The number of rotatable bonds is 8. The zero-order valence-corrected chi connectivity index (χ0v) is 18.5. The SMILES string of the molecule is COc1cc(CNc2ccc(S(N)(=O)=O)cc2)cc(Br)c1OCc1ccccc1F. The molecular weight excluding hydrogens is 475 g/mol. The summed E-state index contributed by atoms with van der Waals surface area (Å²) in [6, 6.07) is 16.2. The van der Waals surface area contributed by atoms with E-state index in [4.69, 9.17) is 14.6 Å². The smallest absolute Gasteiger partial charge is 0.238 e. The van der Waals surface area contributed by atoms with E-state index in [2.05, 4.69) is 21.2 Å². The van der Waals surface area contributed by atoms with Crippen molar-refractivity contribution < 1.29 is 22.3 Å². The second-order valence-corrected chi connectivity index (χ2v) is 8.83. The Morgan fingerprint density at radius 1 is 1.10 bits per heavy atom. The van der Waals surface area contributed by atoms with Gasteiger partial charge in [-0.2, -0.15) is 0 Å². The van der Waals surface area contributed by atoms with Crippen molar-refractivity contribution in [3.63, 3.8) is 0 Å². The van der Waals surface area contributed by atoms with Crippen molar-refractivity contribution in [2.75, 3.05) is 12.4 Å². The molecule has 0 saturated heterocycles. The fourth-order valence-corrected chi connectivity index (χ4v) is 3.87. The van der Waals surface area contributed by atoms with E-state index >= 15 is 0 Å². The molecule has 9 heteroatoms. The zero-order valence-electron chi connectivity index (χ0n) is 16.1. The topological polar surface area (TPSA) is 90.6 Å². The normalized spacial score (nSPS) is 11.2. The molecule has 0 amide bonds. The van der Waals surface area contributed by atoms with Gasteiger partial charge in [-0.15, -0.1) is 0 Å². The number of nitrogens with two attached hydrogens (primary N) is 1. The molecule has 3 aromatic rings. The number of primary sulfonamides is 1. The number of methoxy groups -OCH3 is 1. The van der Waals surface area contributed by atoms with E-state index < -0.39 is 10.0 Å². The lowest BCUT2D eigenvalue weighted by Crippen LogP contribution is -2.12. The number of hydrogen-bond donors (Lipinski definition) is 2. The summed E-state index contributed by atoms with van der Waals surface area (Å²) in [6.45, 7) is 0.521. The highest BCUT2D eigenvalue weighted by Gasteiger charge is 2.13. The van der Waals surface area contributed by atoms with Crippen LogP contribution < -0.4 is 19.9 Å². The molecule has 3 N–H and O–H groups in total. The van der Waals surface area contributed by atoms with E-state index in [-0.39, 0.29) is 17.3 Å². The van der Waals surface area contributed by atoms with Crippen LogP contribution in [-0.4, -0.2) is 15.5 Å². The highest BCUT2D eigenvalue weighted by molar-refractivity contribution is 9.10. The summed E-state index contributed by atoms with van der Waals surface area (Å²) in [4.78, 5) is 0.0498. The Morgan fingerprint density at radius 2 is 1.80 bits per heavy atom. The van der Waals surface area contributed by atoms with Crippen LogP contribution in [-0.2, 0) is 23.2 Å². The summed E-state index contributed by atoms with van der Waals surface area (Å²) in [7, 11) is -2.19. The Kier molecular flexibility index (Phi) is 6.96. The van der Waals surface area contributed by atoms with Gasteiger partial charge >= 0.3 is 0 Å². The minimum Gasteiger partial charge on any atom is -0.493 e. The molecule has 0 atom stereocenters. The van der Waals surface area contributed by atoms with Gasteiger partial charge in [-0.05, 0) is 64.0 Å². The first-order valence-corrected chi connectivity index (χ1v) is 11.2. The Balaban J connectivity index is 1.71. The van der Waals surface area contributed by atoms with Crippen LogP contribution in [0.15, 0.2) is 70.0 Å². The van der Waals surface area contributed by atoms with Crippen molar-refractivity contribution in [3.05, 3.63) is 82.1 Å². The van der Waals surface area contributed by atoms with Crippen molar-refractivity contribution in [2.24, 2.45) is 5.14 Å². The molecule has 0 aliphatic carbocycles. The van der Waals surface area contributed by atoms with Crippen molar-refractivity contribution in [2.45, 2.75) is 18.0 Å². The Hall–Kier alpha value is -2.62. The number of anilines is 1. The first kappa shape index (κ1) is 22.1. The maximum absolute atomic E-state index is 13.8. The molecule has 0 spiro atoms. The fraction of sp³-hybridized carbons (Fsp3) is 0.143. The molecule has 0 aliphatic rings. The molecule has 0 fully saturated rings. The summed E-state index contributed by atoms with van der Waals surface area (Å²) >= 11 is 3.48. The summed E-state index contributed by atoms with van der Waals surface area (Å²) in [5.74, 6) is 0.644. The van der Waals surface area contributed by atoms with Gasteiger partial charge in [0.2, 0.25) is 10.0 Å². The third kappa shape index (κ3) is 5.50. The molecule has 158 valence electrons. The second-order valence-electron chi connectivity index (χ2n) is 6.41. The minimum absolute atomic E-state index is 0.0498. The molecule has 6 nitrogen and oxygen atoms in total. The highest BCUT2D eigenvalue weighted by Crippen LogP contribution is 2.37. The van der Waals surface area contributed by atoms with E-state index in [0.29, 0.717) is 28.1 Å². The number of nitrogens with one attached hydrogen (secondary N) is 1. The van der Waals surface area contributed by atoms with E-state index in [1.54, 1.807) is 30.3 Å². The highest BCUT2D eigenvalue weighted by atomic mass is 79.9. The largest absolute Gasteiger partial charge is 0.493 e. The van der Waals surface area contributed by atoms with Crippen LogP contribution in [0.5, 0.6) is 11.5 Å². The predicted molar refractivity (Wildman–Crippen MR) is 117 cm³/mol. The molecule has 0 unspecified atom stereocenters. The molecule has 0 heterocycles. The van der Waals surface area contributed by atoms with Gasteiger partial charge in [0.15, 0.2) is 11.5 Å². The van der Waals surface area contributed by atoms with E-state index in [1.165, 1.54) is 25.3 Å². The third-order valence-corrected chi connectivity index (χ3v) is 5.82. The average Bonchev–Trinajstić information content (AvgIpc) is 2.72. The summed E-state index contributed by atoms with van der Waals surface area (Å²) in [5.41, 5.74) is 2.07. The summed E-state index contributed by atoms with van der Waals surface area (Å²) in [6.07, 6.45) is 0. The van der Waals surface area contributed by atoms with E-state index in [1.807, 2.05) is 12.1 Å². The van der Waals surface area contributed by atoms with Crippen LogP contribution in [0.4, 0.5) is 10.1 Å². The lowest BCUT2D eigenvalue weighted by atomic mass is 10.2. The molecule has 0 aliphatic heterocycles. The zero-order chi connectivity index (χ0) is 21.7. The fourth-order valence-electron chi connectivity index (χ4n) is 2.75. The van der Waals surface area contributed by atoms with Gasteiger partial charge in [0.1, 0.15) is 12.4 Å². The van der Waals surface area contributed by atoms with Gasteiger partial charge in [-0.1, -0.05) is 18.2 Å². The number of ether oxygens (including phenoxy) is 2. The van der Waals surface area contributed by atoms with Crippen molar-refractivity contribution in [1.29, 1.82) is 0 Å². The van der Waals surface area contributed by atoms with Crippen LogP contribution in [0.3, 0.4) is 0 Å². The van der Waals surface area contributed by atoms with Crippen LogP contribution in [0.1, 0.15) is 11.1 Å². The van der Waals surface area contributed by atoms with Gasteiger partial charge in [0.25, 0.3) is 0 Å². The molecular formula is C21H20BrFN2O4S. The number of benzene rings is 3. The molecule has 3 rings (SSSR count). The number of halogens is 2. The summed E-state index contributed by atoms with van der Waals surface area (Å²) < 4.78 is 48.4. The van der Waals surface area contributed by atoms with Gasteiger partial charge < -0.3 is 14.8 Å². The summed E-state index contributed by atoms with van der Waals surface area (Å²) in [5, 5.41) is 8.31. The molecule has 0 bridgehead atoms. The van der Waals surface area contributed by atoms with Crippen LogP contribution in [0.2, 0.25) is 0 Å². The van der Waals surface area contributed by atoms with Crippen molar-refractivity contribution >= 4 is 31.6 Å². The molecule has 0 aromatic heterocycles. The first-order chi connectivity index (χ1) is 14.3. The molecule has 3 aromatic carbocycles. The maximum atomic E-state index is 13.8. The third-order valence-electron chi connectivity index (χ3n) is 4.30. The predicted octanol–water partition coefficient (Wildman–Crippen LogP) is 4.44. The van der Waals surface area contributed by atoms with Crippen LogP contribution >= 0.6 is 15.9 Å². The van der Waals surface area contributed by atoms with Crippen molar-refractivity contribution in [1.82, 2.24) is 0 Å². The number of hydrogen-bond acceptors (Lipinski definition) is 5. The van der Waals surface area contributed by atoms with Gasteiger partial charge in [0, 0.05) is 17.8 Å². The van der Waals surface area contributed by atoms with Crippen LogP contribution in [0, 0.1) is 5.82 Å². The second kappa shape index (κ2) is 9.46.